The number of hydrogen-bond acceptors (Lipinski definition) is 6. The number of benzene rings is 1. The SMILES string of the molecule is O=CCCNc1ccc(-c2sc(C(=O)O)c(OCC(=O)O)c2Cl)cc1. The first-order valence-electron chi connectivity index (χ1n) is 7.12. The van der Waals surface area contributed by atoms with Crippen LogP contribution in [0.2, 0.25) is 5.02 Å². The van der Waals surface area contributed by atoms with Crippen LogP contribution in [0, 0.1) is 0 Å². The molecule has 2 aromatic rings. The number of carboxylic acids is 2. The fraction of sp³-hybridized carbons (Fsp3) is 0.188. The standard InChI is InChI=1S/C16H14ClNO6S/c17-12-13(24-8-11(20)21)15(16(22)23)25-14(12)9-2-4-10(5-3-9)18-6-1-7-19/h2-5,7,18H,1,6,8H2,(H,20,21)(H,22,23). The maximum atomic E-state index is 11.4. The van der Waals surface area contributed by atoms with Gasteiger partial charge in [-0.2, -0.15) is 0 Å². The highest BCUT2D eigenvalue weighted by Crippen LogP contribution is 2.45. The van der Waals surface area contributed by atoms with Crippen LogP contribution in [0.15, 0.2) is 24.3 Å². The van der Waals surface area contributed by atoms with E-state index in [1.165, 1.54) is 0 Å². The first kappa shape index (κ1) is 18.8. The molecule has 3 N–H and O–H groups in total. The van der Waals surface area contributed by atoms with Gasteiger partial charge in [0.15, 0.2) is 17.2 Å². The summed E-state index contributed by atoms with van der Waals surface area (Å²) < 4.78 is 5.03. The van der Waals surface area contributed by atoms with Crippen LogP contribution in [-0.4, -0.2) is 41.6 Å². The van der Waals surface area contributed by atoms with E-state index in [4.69, 9.17) is 21.4 Å². The van der Waals surface area contributed by atoms with E-state index in [0.29, 0.717) is 23.4 Å². The zero-order valence-corrected chi connectivity index (χ0v) is 14.4. The van der Waals surface area contributed by atoms with Gasteiger partial charge in [0.1, 0.15) is 11.3 Å². The molecular formula is C16H14ClNO6S. The van der Waals surface area contributed by atoms with E-state index in [2.05, 4.69) is 5.32 Å². The number of anilines is 1. The molecule has 0 atom stereocenters. The summed E-state index contributed by atoms with van der Waals surface area (Å²) in [5.74, 6) is -2.62. The molecule has 0 fully saturated rings. The van der Waals surface area contributed by atoms with E-state index in [1.807, 2.05) is 0 Å². The lowest BCUT2D eigenvalue weighted by Crippen LogP contribution is -2.10. The number of hydrogen-bond donors (Lipinski definition) is 3. The Labute approximate surface area is 151 Å². The molecule has 132 valence electrons. The monoisotopic (exact) mass is 383 g/mol. The average molecular weight is 384 g/mol. The third-order valence-corrected chi connectivity index (χ3v) is 4.76. The molecule has 2 rings (SSSR count). The molecule has 0 spiro atoms. The van der Waals surface area contributed by atoms with Gasteiger partial charge in [-0.25, -0.2) is 9.59 Å². The normalized spacial score (nSPS) is 10.3. The highest BCUT2D eigenvalue weighted by atomic mass is 35.5. The number of halogens is 1. The Morgan fingerprint density at radius 2 is 1.92 bits per heavy atom. The van der Waals surface area contributed by atoms with Crippen molar-refractivity contribution < 1.29 is 29.3 Å². The smallest absolute Gasteiger partial charge is 0.349 e. The second-order valence-corrected chi connectivity index (χ2v) is 6.25. The molecule has 0 saturated heterocycles. The van der Waals surface area contributed by atoms with Crippen LogP contribution in [0.4, 0.5) is 5.69 Å². The molecule has 0 unspecified atom stereocenters. The number of aromatic carboxylic acids is 1. The zero-order valence-electron chi connectivity index (χ0n) is 12.8. The van der Waals surface area contributed by atoms with E-state index in [9.17, 15) is 19.5 Å². The van der Waals surface area contributed by atoms with Crippen molar-refractivity contribution in [3.63, 3.8) is 0 Å². The first-order valence-corrected chi connectivity index (χ1v) is 8.31. The molecule has 9 heteroatoms. The molecule has 0 bridgehead atoms. The van der Waals surface area contributed by atoms with Gasteiger partial charge in [0.05, 0.1) is 4.88 Å². The Kier molecular flexibility index (Phi) is 6.37. The van der Waals surface area contributed by atoms with Crippen molar-refractivity contribution in [1.29, 1.82) is 0 Å². The molecule has 0 saturated carbocycles. The molecule has 0 aliphatic heterocycles. The van der Waals surface area contributed by atoms with Crippen molar-refractivity contribution >= 4 is 46.8 Å². The number of ether oxygens (including phenoxy) is 1. The minimum atomic E-state index is -1.24. The van der Waals surface area contributed by atoms with Gasteiger partial charge in [0.25, 0.3) is 0 Å². The first-order chi connectivity index (χ1) is 11.9. The van der Waals surface area contributed by atoms with E-state index >= 15 is 0 Å². The Hall–Kier alpha value is -2.58. The van der Waals surface area contributed by atoms with Gasteiger partial charge in [0.2, 0.25) is 0 Å². The van der Waals surface area contributed by atoms with Crippen molar-refractivity contribution in [1.82, 2.24) is 0 Å². The van der Waals surface area contributed by atoms with Gasteiger partial charge < -0.3 is 25.1 Å². The van der Waals surface area contributed by atoms with Crippen LogP contribution in [-0.2, 0) is 9.59 Å². The van der Waals surface area contributed by atoms with Crippen molar-refractivity contribution in [3.05, 3.63) is 34.2 Å². The maximum Gasteiger partial charge on any atom is 0.349 e. The number of carbonyl (C=O) groups excluding carboxylic acids is 1. The van der Waals surface area contributed by atoms with E-state index in [0.717, 1.165) is 23.3 Å². The summed E-state index contributed by atoms with van der Waals surface area (Å²) in [6.07, 6.45) is 1.21. The van der Waals surface area contributed by atoms with Crippen LogP contribution in [0.3, 0.4) is 0 Å². The van der Waals surface area contributed by atoms with Gasteiger partial charge in [-0.1, -0.05) is 23.7 Å². The quantitative estimate of drug-likeness (QED) is 0.450. The fourth-order valence-corrected chi connectivity index (χ4v) is 3.41. The number of thiophene rings is 1. The fourth-order valence-electron chi connectivity index (χ4n) is 2.00. The number of carboxylic acid groups (broad SMARTS) is 2. The lowest BCUT2D eigenvalue weighted by molar-refractivity contribution is -0.139. The molecule has 0 radical (unpaired) electrons. The molecule has 25 heavy (non-hydrogen) atoms. The second kappa shape index (κ2) is 8.50. The van der Waals surface area contributed by atoms with Gasteiger partial charge in [-0.15, -0.1) is 11.3 Å². The van der Waals surface area contributed by atoms with Crippen LogP contribution in [0.5, 0.6) is 5.75 Å². The Bertz CT molecular complexity index is 787. The molecular weight excluding hydrogens is 370 g/mol. The lowest BCUT2D eigenvalue weighted by Gasteiger charge is -2.06. The molecule has 0 amide bonds. The number of rotatable bonds is 9. The summed E-state index contributed by atoms with van der Waals surface area (Å²) in [6, 6.07) is 7.03. The highest BCUT2D eigenvalue weighted by molar-refractivity contribution is 7.18. The number of carbonyl (C=O) groups is 3. The third kappa shape index (κ3) is 4.71. The molecule has 7 nitrogen and oxygen atoms in total. The summed E-state index contributed by atoms with van der Waals surface area (Å²) >= 11 is 7.12. The van der Waals surface area contributed by atoms with E-state index < -0.39 is 18.5 Å². The lowest BCUT2D eigenvalue weighted by atomic mass is 10.1. The summed E-state index contributed by atoms with van der Waals surface area (Å²) in [5, 5.41) is 21.1. The Balaban J connectivity index is 2.29. The van der Waals surface area contributed by atoms with Crippen molar-refractivity contribution in [3.8, 4) is 16.2 Å². The second-order valence-electron chi connectivity index (χ2n) is 4.85. The van der Waals surface area contributed by atoms with Crippen LogP contribution in [0.25, 0.3) is 10.4 Å². The predicted octanol–water partition coefficient (Wildman–Crippen LogP) is 3.23. The van der Waals surface area contributed by atoms with Gasteiger partial charge in [0, 0.05) is 18.7 Å². The van der Waals surface area contributed by atoms with Crippen molar-refractivity contribution in [2.75, 3.05) is 18.5 Å². The van der Waals surface area contributed by atoms with Crippen molar-refractivity contribution in [2.24, 2.45) is 0 Å². The number of nitrogens with one attached hydrogen (secondary N) is 1. The minimum absolute atomic E-state index is 0.0605. The van der Waals surface area contributed by atoms with Gasteiger partial charge in [-0.05, 0) is 17.7 Å². The molecule has 0 aliphatic carbocycles. The number of aliphatic carboxylic acids is 1. The van der Waals surface area contributed by atoms with Gasteiger partial charge in [-0.3, -0.25) is 0 Å². The summed E-state index contributed by atoms with van der Waals surface area (Å²) in [6.45, 7) is -0.172. The Morgan fingerprint density at radius 1 is 1.24 bits per heavy atom. The molecule has 1 aromatic heterocycles. The Morgan fingerprint density at radius 3 is 2.48 bits per heavy atom. The topological polar surface area (TPSA) is 113 Å². The van der Waals surface area contributed by atoms with Crippen LogP contribution >= 0.6 is 22.9 Å². The number of aldehydes is 1. The average Bonchev–Trinajstić information content (AvgIpc) is 2.91. The molecule has 1 heterocycles. The van der Waals surface area contributed by atoms with Gasteiger partial charge >= 0.3 is 11.9 Å². The summed E-state index contributed by atoms with van der Waals surface area (Å²) in [5.41, 5.74) is 1.47. The molecule has 1 aromatic carbocycles. The van der Waals surface area contributed by atoms with Crippen LogP contribution < -0.4 is 10.1 Å². The van der Waals surface area contributed by atoms with Crippen LogP contribution in [0.1, 0.15) is 16.1 Å². The largest absolute Gasteiger partial charge is 0.479 e. The third-order valence-electron chi connectivity index (χ3n) is 3.08. The van der Waals surface area contributed by atoms with E-state index in [1.54, 1.807) is 24.3 Å². The molecule has 0 aliphatic rings. The summed E-state index contributed by atoms with van der Waals surface area (Å²) in [4.78, 5) is 32.6. The van der Waals surface area contributed by atoms with Crippen molar-refractivity contribution in [2.45, 2.75) is 6.42 Å². The summed E-state index contributed by atoms with van der Waals surface area (Å²) in [7, 11) is 0. The predicted molar refractivity (Wildman–Crippen MR) is 94.0 cm³/mol. The highest BCUT2D eigenvalue weighted by Gasteiger charge is 2.24. The minimum Gasteiger partial charge on any atom is -0.479 e. The maximum absolute atomic E-state index is 11.4. The van der Waals surface area contributed by atoms with E-state index in [-0.39, 0.29) is 15.6 Å². The zero-order chi connectivity index (χ0) is 18.4.